The van der Waals surface area contributed by atoms with Crippen LogP contribution < -0.4 is 0 Å². The van der Waals surface area contributed by atoms with Gasteiger partial charge in [0, 0.05) is 5.56 Å². The molecule has 0 heterocycles. The molecule has 19 heavy (non-hydrogen) atoms. The molecule has 0 aromatic heterocycles. The summed E-state index contributed by atoms with van der Waals surface area (Å²) in [5.74, 6) is -3.11. The van der Waals surface area contributed by atoms with Crippen LogP contribution in [0.5, 0.6) is 0 Å². The van der Waals surface area contributed by atoms with Gasteiger partial charge in [0.15, 0.2) is 5.78 Å². The van der Waals surface area contributed by atoms with E-state index < -0.39 is 17.7 Å². The van der Waals surface area contributed by atoms with Crippen molar-refractivity contribution in [3.05, 3.63) is 34.9 Å². The molecule has 1 rings (SSSR count). The van der Waals surface area contributed by atoms with Crippen LogP contribution in [0.2, 0.25) is 0 Å². The molecule has 1 aromatic carbocycles. The normalized spacial score (nSPS) is 11.8. The van der Waals surface area contributed by atoms with E-state index in [-0.39, 0.29) is 12.4 Å². The molecular formula is C15H18O4. The minimum atomic E-state index is -1.01. The third-order valence-corrected chi connectivity index (χ3v) is 2.92. The molecule has 0 bridgehead atoms. The fraction of sp³-hybridized carbons (Fsp3) is 0.400. The number of Topliss-reactive ketones (excluding diaryl/α,β-unsaturated/α-hetero) is 2. The average Bonchev–Trinajstić information content (AvgIpc) is 2.39. The van der Waals surface area contributed by atoms with Crippen LogP contribution in [0.15, 0.2) is 18.2 Å². The highest BCUT2D eigenvalue weighted by molar-refractivity contribution is 6.39. The highest BCUT2D eigenvalue weighted by Gasteiger charge is 2.29. The van der Waals surface area contributed by atoms with E-state index in [0.29, 0.717) is 5.56 Å². The van der Waals surface area contributed by atoms with Crippen molar-refractivity contribution in [3.8, 4) is 0 Å². The van der Waals surface area contributed by atoms with Crippen LogP contribution in [-0.4, -0.2) is 24.1 Å². The molecule has 4 nitrogen and oxygen atoms in total. The lowest BCUT2D eigenvalue weighted by atomic mass is 9.92. The molecule has 0 aliphatic heterocycles. The van der Waals surface area contributed by atoms with Gasteiger partial charge >= 0.3 is 5.97 Å². The number of ether oxygens (including phenoxy) is 1. The number of ketones is 2. The minimum absolute atomic E-state index is 0.120. The third kappa shape index (κ3) is 3.50. The topological polar surface area (TPSA) is 60.4 Å². The van der Waals surface area contributed by atoms with Gasteiger partial charge in [0.2, 0.25) is 0 Å². The third-order valence-electron chi connectivity index (χ3n) is 2.92. The summed E-state index contributed by atoms with van der Waals surface area (Å²) in [6, 6.07) is 5.45. The maximum absolute atomic E-state index is 12.2. The van der Waals surface area contributed by atoms with Crippen molar-refractivity contribution in [2.75, 3.05) is 6.61 Å². The molecule has 0 saturated carbocycles. The monoisotopic (exact) mass is 262 g/mol. The van der Waals surface area contributed by atoms with Gasteiger partial charge in [-0.25, -0.2) is 4.79 Å². The Morgan fingerprint density at radius 1 is 1.21 bits per heavy atom. The second kappa shape index (κ2) is 6.27. The molecule has 1 aromatic rings. The van der Waals surface area contributed by atoms with Gasteiger partial charge in [-0.05, 0) is 39.3 Å². The minimum Gasteiger partial charge on any atom is -0.460 e. The Labute approximate surface area is 112 Å². The molecule has 0 N–H and O–H groups in total. The van der Waals surface area contributed by atoms with E-state index in [1.807, 2.05) is 19.1 Å². The van der Waals surface area contributed by atoms with Gasteiger partial charge in [0.25, 0.3) is 5.78 Å². The Balaban J connectivity index is 2.96. The summed E-state index contributed by atoms with van der Waals surface area (Å²) in [4.78, 5) is 35.3. The molecule has 0 aliphatic rings. The quantitative estimate of drug-likeness (QED) is 0.353. The molecule has 4 heteroatoms. The summed E-state index contributed by atoms with van der Waals surface area (Å²) in [5, 5.41) is 0. The second-order valence-corrected chi connectivity index (χ2v) is 4.49. The number of benzene rings is 1. The van der Waals surface area contributed by atoms with Crippen LogP contribution in [0.25, 0.3) is 0 Å². The van der Waals surface area contributed by atoms with Crippen LogP contribution in [-0.2, 0) is 14.3 Å². The number of rotatable bonds is 5. The number of hydrogen-bond donors (Lipinski definition) is 0. The fourth-order valence-corrected chi connectivity index (χ4v) is 1.73. The molecule has 1 unspecified atom stereocenters. The molecule has 0 saturated heterocycles. The maximum Gasteiger partial charge on any atom is 0.375 e. The zero-order valence-electron chi connectivity index (χ0n) is 11.6. The van der Waals surface area contributed by atoms with Crippen LogP contribution >= 0.6 is 0 Å². The van der Waals surface area contributed by atoms with Crippen molar-refractivity contribution in [3.63, 3.8) is 0 Å². The van der Waals surface area contributed by atoms with E-state index in [4.69, 9.17) is 0 Å². The predicted molar refractivity (Wildman–Crippen MR) is 71.1 cm³/mol. The molecule has 0 radical (unpaired) electrons. The summed E-state index contributed by atoms with van der Waals surface area (Å²) in [7, 11) is 0. The van der Waals surface area contributed by atoms with Gasteiger partial charge in [-0.1, -0.05) is 17.7 Å². The standard InChI is InChI=1S/C15H18O4/c1-5-19-15(18)14(17)11(4)13(16)12-8-9(2)6-7-10(12)3/h6-8,11H,5H2,1-4H3. The summed E-state index contributed by atoms with van der Waals surface area (Å²) < 4.78 is 4.62. The lowest BCUT2D eigenvalue weighted by Crippen LogP contribution is -2.30. The Bertz CT molecular complexity index is 517. The zero-order valence-corrected chi connectivity index (χ0v) is 11.6. The summed E-state index contributed by atoms with van der Waals surface area (Å²) in [6.07, 6.45) is 0. The van der Waals surface area contributed by atoms with Crippen LogP contribution in [0, 0.1) is 19.8 Å². The summed E-state index contributed by atoms with van der Waals surface area (Å²) in [5.41, 5.74) is 2.20. The predicted octanol–water partition coefficient (Wildman–Crippen LogP) is 2.25. The van der Waals surface area contributed by atoms with Crippen molar-refractivity contribution in [1.82, 2.24) is 0 Å². The number of esters is 1. The number of carbonyl (C=O) groups excluding carboxylic acids is 3. The first-order valence-corrected chi connectivity index (χ1v) is 6.21. The largest absolute Gasteiger partial charge is 0.460 e. The maximum atomic E-state index is 12.2. The van der Waals surface area contributed by atoms with Gasteiger partial charge < -0.3 is 4.74 Å². The van der Waals surface area contributed by atoms with Crippen LogP contribution in [0.1, 0.15) is 35.3 Å². The number of carbonyl (C=O) groups is 3. The second-order valence-electron chi connectivity index (χ2n) is 4.49. The zero-order chi connectivity index (χ0) is 14.6. The Morgan fingerprint density at radius 2 is 1.84 bits per heavy atom. The van der Waals surface area contributed by atoms with Crippen molar-refractivity contribution >= 4 is 17.5 Å². The molecule has 102 valence electrons. The van der Waals surface area contributed by atoms with Gasteiger partial charge in [-0.2, -0.15) is 0 Å². The van der Waals surface area contributed by atoms with Gasteiger partial charge in [-0.3, -0.25) is 9.59 Å². The lowest BCUT2D eigenvalue weighted by Gasteiger charge is -2.11. The van der Waals surface area contributed by atoms with Crippen LogP contribution in [0.3, 0.4) is 0 Å². The molecule has 0 spiro atoms. The van der Waals surface area contributed by atoms with E-state index in [2.05, 4.69) is 4.74 Å². The highest BCUT2D eigenvalue weighted by atomic mass is 16.5. The van der Waals surface area contributed by atoms with Gasteiger partial charge in [0.05, 0.1) is 12.5 Å². The molecular weight excluding hydrogens is 244 g/mol. The number of hydrogen-bond acceptors (Lipinski definition) is 4. The van der Waals surface area contributed by atoms with Crippen molar-refractivity contribution in [1.29, 1.82) is 0 Å². The SMILES string of the molecule is CCOC(=O)C(=O)C(C)C(=O)c1cc(C)ccc1C. The van der Waals surface area contributed by atoms with E-state index in [1.165, 1.54) is 6.92 Å². The van der Waals surface area contributed by atoms with E-state index >= 15 is 0 Å². The molecule has 0 amide bonds. The fourth-order valence-electron chi connectivity index (χ4n) is 1.73. The lowest BCUT2D eigenvalue weighted by molar-refractivity contribution is -0.154. The Morgan fingerprint density at radius 3 is 2.42 bits per heavy atom. The summed E-state index contributed by atoms with van der Waals surface area (Å²) >= 11 is 0. The Kier molecular flexibility index (Phi) is 4.98. The molecule has 0 fully saturated rings. The first-order chi connectivity index (χ1) is 8.88. The smallest absolute Gasteiger partial charge is 0.375 e. The van der Waals surface area contributed by atoms with Crippen molar-refractivity contribution < 1.29 is 19.1 Å². The van der Waals surface area contributed by atoms with Gasteiger partial charge in [0.1, 0.15) is 0 Å². The van der Waals surface area contributed by atoms with Crippen LogP contribution in [0.4, 0.5) is 0 Å². The highest BCUT2D eigenvalue weighted by Crippen LogP contribution is 2.16. The van der Waals surface area contributed by atoms with E-state index in [1.54, 1.807) is 19.9 Å². The average molecular weight is 262 g/mol. The number of aryl methyl sites for hydroxylation is 2. The van der Waals surface area contributed by atoms with E-state index in [0.717, 1.165) is 11.1 Å². The summed E-state index contributed by atoms with van der Waals surface area (Å²) in [6.45, 7) is 6.84. The Hall–Kier alpha value is -1.97. The van der Waals surface area contributed by atoms with Crippen molar-refractivity contribution in [2.24, 2.45) is 5.92 Å². The molecule has 0 aliphatic carbocycles. The van der Waals surface area contributed by atoms with Crippen molar-refractivity contribution in [2.45, 2.75) is 27.7 Å². The molecule has 1 atom stereocenters. The first-order valence-electron chi connectivity index (χ1n) is 6.21. The van der Waals surface area contributed by atoms with Gasteiger partial charge in [-0.15, -0.1) is 0 Å². The van der Waals surface area contributed by atoms with E-state index in [9.17, 15) is 14.4 Å². The first kappa shape index (κ1) is 15.1.